The number of aromatic amines is 1. The molecule has 0 aliphatic heterocycles. The number of rotatable bonds is 1. The fourth-order valence-corrected chi connectivity index (χ4v) is 1.80. The van der Waals surface area contributed by atoms with E-state index in [2.05, 4.69) is 26.1 Å². The predicted octanol–water partition coefficient (Wildman–Crippen LogP) is 3.07. The van der Waals surface area contributed by atoms with Crippen LogP contribution >= 0.6 is 27.5 Å². The van der Waals surface area contributed by atoms with E-state index >= 15 is 0 Å². The summed E-state index contributed by atoms with van der Waals surface area (Å²) >= 11 is 9.42. The van der Waals surface area contributed by atoms with E-state index < -0.39 is 0 Å². The normalized spacial score (nSPS) is 10.4. The van der Waals surface area contributed by atoms with E-state index in [1.54, 1.807) is 6.20 Å². The molecule has 2 aromatic rings. The molecule has 5 heteroatoms. The van der Waals surface area contributed by atoms with Gasteiger partial charge in [-0.05, 0) is 18.2 Å². The van der Waals surface area contributed by atoms with Crippen molar-refractivity contribution in [3.63, 3.8) is 0 Å². The van der Waals surface area contributed by atoms with Crippen molar-refractivity contribution in [2.24, 2.45) is 0 Å². The minimum Gasteiger partial charge on any atom is -0.384 e. The topological polar surface area (TPSA) is 54.7 Å². The van der Waals surface area contributed by atoms with Gasteiger partial charge in [-0.15, -0.1) is 0 Å². The van der Waals surface area contributed by atoms with Crippen molar-refractivity contribution >= 4 is 33.3 Å². The summed E-state index contributed by atoms with van der Waals surface area (Å²) in [6.45, 7) is 0. The molecule has 2 rings (SSSR count). The minimum absolute atomic E-state index is 0.519. The van der Waals surface area contributed by atoms with Crippen molar-refractivity contribution in [2.75, 3.05) is 5.73 Å². The maximum Gasteiger partial charge on any atom is 0.126 e. The summed E-state index contributed by atoms with van der Waals surface area (Å²) in [6.07, 6.45) is 1.66. The first-order valence-electron chi connectivity index (χ1n) is 3.93. The van der Waals surface area contributed by atoms with Crippen LogP contribution < -0.4 is 5.73 Å². The van der Waals surface area contributed by atoms with Gasteiger partial charge in [0.05, 0.1) is 6.20 Å². The number of aromatic nitrogens is 2. The highest BCUT2D eigenvalue weighted by Gasteiger charge is 2.08. The number of nitrogen functional groups attached to an aromatic ring is 1. The number of hydrogen-bond acceptors (Lipinski definition) is 2. The van der Waals surface area contributed by atoms with Crippen LogP contribution in [0.25, 0.3) is 11.1 Å². The Morgan fingerprint density at radius 3 is 2.79 bits per heavy atom. The minimum atomic E-state index is 0.519. The van der Waals surface area contributed by atoms with Crippen LogP contribution in [-0.2, 0) is 0 Å². The average Bonchev–Trinajstić information content (AvgIpc) is 2.56. The quantitative estimate of drug-likeness (QED) is 0.838. The van der Waals surface area contributed by atoms with Crippen LogP contribution in [0.15, 0.2) is 28.9 Å². The lowest BCUT2D eigenvalue weighted by Crippen LogP contribution is -1.88. The van der Waals surface area contributed by atoms with Crippen molar-refractivity contribution in [2.45, 2.75) is 0 Å². The second kappa shape index (κ2) is 3.63. The van der Waals surface area contributed by atoms with Crippen molar-refractivity contribution in [3.05, 3.63) is 33.9 Å². The first kappa shape index (κ1) is 9.55. The Morgan fingerprint density at radius 2 is 2.14 bits per heavy atom. The third-order valence-corrected chi connectivity index (χ3v) is 2.71. The van der Waals surface area contributed by atoms with Gasteiger partial charge in [-0.1, -0.05) is 27.5 Å². The molecule has 14 heavy (non-hydrogen) atoms. The van der Waals surface area contributed by atoms with Crippen LogP contribution in [0.3, 0.4) is 0 Å². The highest BCUT2D eigenvalue weighted by Crippen LogP contribution is 2.32. The van der Waals surface area contributed by atoms with E-state index in [1.165, 1.54) is 0 Å². The van der Waals surface area contributed by atoms with E-state index in [0.29, 0.717) is 10.8 Å². The summed E-state index contributed by atoms with van der Waals surface area (Å²) in [4.78, 5) is 0. The van der Waals surface area contributed by atoms with Crippen LogP contribution in [0.5, 0.6) is 0 Å². The average molecular weight is 273 g/mol. The molecule has 0 saturated carbocycles. The molecule has 1 aromatic heterocycles. The summed E-state index contributed by atoms with van der Waals surface area (Å²) in [6, 6.07) is 5.60. The molecule has 0 unspecified atom stereocenters. The molecule has 0 aliphatic carbocycles. The summed E-state index contributed by atoms with van der Waals surface area (Å²) in [5, 5.41) is 7.17. The highest BCUT2D eigenvalue weighted by molar-refractivity contribution is 9.10. The van der Waals surface area contributed by atoms with Crippen molar-refractivity contribution < 1.29 is 0 Å². The van der Waals surface area contributed by atoms with Crippen molar-refractivity contribution in [3.8, 4) is 11.1 Å². The Balaban J connectivity index is 2.62. The van der Waals surface area contributed by atoms with E-state index in [0.717, 1.165) is 15.6 Å². The van der Waals surface area contributed by atoms with Crippen LogP contribution in [0.2, 0.25) is 5.02 Å². The van der Waals surface area contributed by atoms with E-state index in [-0.39, 0.29) is 0 Å². The Bertz CT molecular complexity index is 467. The number of hydrogen-bond donors (Lipinski definition) is 2. The smallest absolute Gasteiger partial charge is 0.126 e. The Labute approximate surface area is 94.4 Å². The first-order valence-corrected chi connectivity index (χ1v) is 5.10. The standard InChI is InChI=1S/C9H7BrClN3/c10-5-1-2-8(11)6(3-5)7-4-13-14-9(7)12/h1-4H,(H3,12,13,14). The predicted molar refractivity (Wildman–Crippen MR) is 61.1 cm³/mol. The van der Waals surface area contributed by atoms with Crippen molar-refractivity contribution in [1.82, 2.24) is 10.2 Å². The molecule has 3 N–H and O–H groups in total. The van der Waals surface area contributed by atoms with E-state index in [9.17, 15) is 0 Å². The monoisotopic (exact) mass is 271 g/mol. The van der Waals surface area contributed by atoms with Crippen molar-refractivity contribution in [1.29, 1.82) is 0 Å². The third kappa shape index (κ3) is 1.63. The van der Waals surface area contributed by atoms with E-state index in [4.69, 9.17) is 17.3 Å². The molecule has 0 amide bonds. The van der Waals surface area contributed by atoms with Gasteiger partial charge in [0.1, 0.15) is 5.82 Å². The maximum atomic E-state index is 6.04. The molecular formula is C9H7BrClN3. The molecule has 0 atom stereocenters. The zero-order chi connectivity index (χ0) is 10.1. The molecule has 0 saturated heterocycles. The summed E-state index contributed by atoms with van der Waals surface area (Å²) in [5.74, 6) is 0.519. The molecule has 0 aliphatic rings. The van der Waals surface area contributed by atoms with Gasteiger partial charge in [-0.3, -0.25) is 5.10 Å². The first-order chi connectivity index (χ1) is 6.68. The molecular weight excluding hydrogens is 265 g/mol. The second-order valence-electron chi connectivity index (χ2n) is 2.82. The number of nitrogens with one attached hydrogen (secondary N) is 1. The van der Waals surface area contributed by atoms with E-state index in [1.807, 2.05) is 18.2 Å². The van der Waals surface area contributed by atoms with Gasteiger partial charge < -0.3 is 5.73 Å². The lowest BCUT2D eigenvalue weighted by Gasteiger charge is -2.02. The molecule has 72 valence electrons. The summed E-state index contributed by atoms with van der Waals surface area (Å²) in [7, 11) is 0. The molecule has 0 radical (unpaired) electrons. The van der Waals surface area contributed by atoms with Crippen LogP contribution in [0, 0.1) is 0 Å². The summed E-state index contributed by atoms with van der Waals surface area (Å²) < 4.78 is 0.956. The molecule has 0 fully saturated rings. The fraction of sp³-hybridized carbons (Fsp3) is 0. The van der Waals surface area contributed by atoms with Gasteiger partial charge >= 0.3 is 0 Å². The van der Waals surface area contributed by atoms with Crippen LogP contribution in [0.1, 0.15) is 0 Å². The molecule has 3 nitrogen and oxygen atoms in total. The number of anilines is 1. The number of halogens is 2. The van der Waals surface area contributed by atoms with Gasteiger partial charge in [0.15, 0.2) is 0 Å². The highest BCUT2D eigenvalue weighted by atomic mass is 79.9. The molecule has 0 spiro atoms. The number of benzene rings is 1. The van der Waals surface area contributed by atoms with Gasteiger partial charge in [-0.25, -0.2) is 0 Å². The van der Waals surface area contributed by atoms with Gasteiger partial charge in [-0.2, -0.15) is 5.10 Å². The number of nitrogens with two attached hydrogens (primary N) is 1. The van der Waals surface area contributed by atoms with Gasteiger partial charge in [0.25, 0.3) is 0 Å². The Hall–Kier alpha value is -1.000. The lowest BCUT2D eigenvalue weighted by atomic mass is 10.1. The zero-order valence-corrected chi connectivity index (χ0v) is 9.43. The molecule has 0 bridgehead atoms. The third-order valence-electron chi connectivity index (χ3n) is 1.89. The van der Waals surface area contributed by atoms with Gasteiger partial charge in [0.2, 0.25) is 0 Å². The Kier molecular flexibility index (Phi) is 2.48. The SMILES string of the molecule is Nc1[nH]ncc1-c1cc(Br)ccc1Cl. The number of H-pyrrole nitrogens is 1. The second-order valence-corrected chi connectivity index (χ2v) is 4.14. The Morgan fingerprint density at radius 1 is 1.36 bits per heavy atom. The van der Waals surface area contributed by atoms with Crippen LogP contribution in [0.4, 0.5) is 5.82 Å². The summed E-state index contributed by atoms with van der Waals surface area (Å²) in [5.41, 5.74) is 7.38. The molecule has 1 aromatic carbocycles. The largest absolute Gasteiger partial charge is 0.384 e. The molecule has 1 heterocycles. The van der Waals surface area contributed by atoms with Gasteiger partial charge in [0, 0.05) is 20.6 Å². The van der Waals surface area contributed by atoms with Crippen LogP contribution in [-0.4, -0.2) is 10.2 Å². The number of nitrogens with zero attached hydrogens (tertiary/aromatic N) is 1. The lowest BCUT2D eigenvalue weighted by molar-refractivity contribution is 1.10. The maximum absolute atomic E-state index is 6.04. The fourth-order valence-electron chi connectivity index (χ4n) is 1.21. The zero-order valence-electron chi connectivity index (χ0n) is 7.09.